The van der Waals surface area contributed by atoms with Crippen LogP contribution in [-0.2, 0) is 16.8 Å². The Bertz CT molecular complexity index is 719. The molecule has 2 aromatic carbocycles. The lowest BCUT2D eigenvalue weighted by atomic mass is 9.81. The Hall–Kier alpha value is -2.29. The number of carbonyl (C=O) groups is 1. The van der Waals surface area contributed by atoms with Crippen LogP contribution >= 0.6 is 0 Å². The third-order valence-corrected chi connectivity index (χ3v) is 4.93. The number of rotatable bonds is 4. The van der Waals surface area contributed by atoms with E-state index in [0.29, 0.717) is 0 Å². The molecule has 1 aliphatic rings. The quantitative estimate of drug-likeness (QED) is 0.917. The van der Waals surface area contributed by atoms with E-state index in [1.807, 2.05) is 44.2 Å². The molecule has 1 N–H and O–H groups in total. The predicted octanol–water partition coefficient (Wildman–Crippen LogP) is 4.17. The SMILES string of the molecule is COc1ccc(C(C)(C)NC(=O)C2CCCc3ccccc32)cc1. The summed E-state index contributed by atoms with van der Waals surface area (Å²) in [6.07, 6.45) is 3.06. The van der Waals surface area contributed by atoms with Crippen LogP contribution in [-0.4, -0.2) is 13.0 Å². The number of aryl methyl sites for hydroxylation is 1. The van der Waals surface area contributed by atoms with Crippen molar-refractivity contribution in [2.45, 2.75) is 44.6 Å². The molecule has 0 saturated heterocycles. The molecule has 3 rings (SSSR count). The van der Waals surface area contributed by atoms with Crippen molar-refractivity contribution >= 4 is 5.91 Å². The van der Waals surface area contributed by atoms with Crippen LogP contribution in [0.15, 0.2) is 48.5 Å². The maximum Gasteiger partial charge on any atom is 0.228 e. The average Bonchev–Trinajstić information content (AvgIpc) is 2.61. The van der Waals surface area contributed by atoms with E-state index in [4.69, 9.17) is 4.74 Å². The summed E-state index contributed by atoms with van der Waals surface area (Å²) < 4.78 is 5.21. The average molecular weight is 323 g/mol. The van der Waals surface area contributed by atoms with Gasteiger partial charge in [-0.25, -0.2) is 0 Å². The Morgan fingerprint density at radius 3 is 2.54 bits per heavy atom. The summed E-state index contributed by atoms with van der Waals surface area (Å²) in [6, 6.07) is 16.2. The van der Waals surface area contributed by atoms with Gasteiger partial charge >= 0.3 is 0 Å². The zero-order valence-corrected chi connectivity index (χ0v) is 14.6. The third-order valence-electron chi connectivity index (χ3n) is 4.93. The third kappa shape index (κ3) is 3.30. The number of hydrogen-bond acceptors (Lipinski definition) is 2. The summed E-state index contributed by atoms with van der Waals surface area (Å²) in [6.45, 7) is 4.09. The summed E-state index contributed by atoms with van der Waals surface area (Å²) in [5.41, 5.74) is 3.15. The van der Waals surface area contributed by atoms with E-state index in [9.17, 15) is 4.79 Å². The van der Waals surface area contributed by atoms with Crippen molar-refractivity contribution in [1.82, 2.24) is 5.32 Å². The molecule has 0 bridgehead atoms. The van der Waals surface area contributed by atoms with Gasteiger partial charge < -0.3 is 10.1 Å². The highest BCUT2D eigenvalue weighted by Crippen LogP contribution is 2.33. The second-order valence-electron chi connectivity index (χ2n) is 6.99. The second kappa shape index (κ2) is 6.68. The van der Waals surface area contributed by atoms with Gasteiger partial charge in [0.05, 0.1) is 18.6 Å². The van der Waals surface area contributed by atoms with E-state index >= 15 is 0 Å². The van der Waals surface area contributed by atoms with Crippen LogP contribution in [0, 0.1) is 0 Å². The molecule has 126 valence electrons. The minimum absolute atomic E-state index is 0.0486. The molecule has 2 aromatic rings. The summed E-state index contributed by atoms with van der Waals surface area (Å²) in [4.78, 5) is 12.9. The van der Waals surface area contributed by atoms with Crippen LogP contribution in [0.2, 0.25) is 0 Å². The first-order chi connectivity index (χ1) is 11.5. The van der Waals surface area contributed by atoms with Gasteiger partial charge in [0.2, 0.25) is 5.91 Å². The summed E-state index contributed by atoms with van der Waals surface area (Å²) >= 11 is 0. The number of ether oxygens (including phenoxy) is 1. The van der Waals surface area contributed by atoms with Gasteiger partial charge in [-0.15, -0.1) is 0 Å². The first-order valence-corrected chi connectivity index (χ1v) is 8.55. The molecule has 3 heteroatoms. The van der Waals surface area contributed by atoms with E-state index in [1.165, 1.54) is 11.1 Å². The zero-order valence-electron chi connectivity index (χ0n) is 14.6. The molecule has 0 radical (unpaired) electrons. The Morgan fingerprint density at radius 2 is 1.83 bits per heavy atom. The molecule has 0 fully saturated rings. The fraction of sp³-hybridized carbons (Fsp3) is 0.381. The molecule has 1 amide bonds. The molecule has 0 aromatic heterocycles. The van der Waals surface area contributed by atoms with E-state index < -0.39 is 5.54 Å². The van der Waals surface area contributed by atoms with Crippen molar-refractivity contribution in [2.75, 3.05) is 7.11 Å². The van der Waals surface area contributed by atoms with Crippen LogP contribution in [0.1, 0.15) is 49.3 Å². The fourth-order valence-corrected chi connectivity index (χ4v) is 3.50. The van der Waals surface area contributed by atoms with Crippen molar-refractivity contribution in [3.63, 3.8) is 0 Å². The fourth-order valence-electron chi connectivity index (χ4n) is 3.50. The topological polar surface area (TPSA) is 38.3 Å². The predicted molar refractivity (Wildman–Crippen MR) is 96.3 cm³/mol. The Kier molecular flexibility index (Phi) is 4.61. The molecule has 1 aliphatic carbocycles. The molecular weight excluding hydrogens is 298 g/mol. The van der Waals surface area contributed by atoms with Gasteiger partial charge in [-0.05, 0) is 61.9 Å². The summed E-state index contributed by atoms with van der Waals surface area (Å²) in [5, 5.41) is 3.24. The molecular formula is C21H25NO2. The van der Waals surface area contributed by atoms with Crippen LogP contribution in [0.4, 0.5) is 0 Å². The van der Waals surface area contributed by atoms with Gasteiger partial charge in [0.25, 0.3) is 0 Å². The van der Waals surface area contributed by atoms with Crippen LogP contribution < -0.4 is 10.1 Å². The van der Waals surface area contributed by atoms with E-state index in [-0.39, 0.29) is 11.8 Å². The summed E-state index contributed by atoms with van der Waals surface area (Å²) in [7, 11) is 1.66. The Morgan fingerprint density at radius 1 is 1.12 bits per heavy atom. The number of amides is 1. The normalized spacial score (nSPS) is 17.0. The highest BCUT2D eigenvalue weighted by molar-refractivity contribution is 5.85. The second-order valence-corrected chi connectivity index (χ2v) is 6.99. The van der Waals surface area contributed by atoms with Crippen molar-refractivity contribution in [2.24, 2.45) is 0 Å². The number of carbonyl (C=O) groups excluding carboxylic acids is 1. The molecule has 24 heavy (non-hydrogen) atoms. The molecule has 0 heterocycles. The lowest BCUT2D eigenvalue weighted by Gasteiger charge is -2.31. The number of nitrogens with one attached hydrogen (secondary N) is 1. The van der Waals surface area contributed by atoms with E-state index in [0.717, 1.165) is 30.6 Å². The van der Waals surface area contributed by atoms with Gasteiger partial charge in [0.15, 0.2) is 0 Å². The number of hydrogen-bond donors (Lipinski definition) is 1. The van der Waals surface area contributed by atoms with Gasteiger partial charge in [-0.1, -0.05) is 36.4 Å². The Labute approximate surface area is 144 Å². The van der Waals surface area contributed by atoms with Gasteiger partial charge in [-0.2, -0.15) is 0 Å². The van der Waals surface area contributed by atoms with E-state index in [1.54, 1.807) is 7.11 Å². The monoisotopic (exact) mass is 323 g/mol. The standard InChI is InChI=1S/C21H25NO2/c1-21(2,16-11-13-17(24-3)14-12-16)22-20(23)19-10-6-8-15-7-4-5-9-18(15)19/h4-5,7,9,11-14,19H,6,8,10H2,1-3H3,(H,22,23). The lowest BCUT2D eigenvalue weighted by Crippen LogP contribution is -2.44. The lowest BCUT2D eigenvalue weighted by molar-refractivity contribution is -0.124. The smallest absolute Gasteiger partial charge is 0.228 e. The largest absolute Gasteiger partial charge is 0.497 e. The van der Waals surface area contributed by atoms with Crippen molar-refractivity contribution < 1.29 is 9.53 Å². The Balaban J connectivity index is 1.78. The highest BCUT2D eigenvalue weighted by atomic mass is 16.5. The first kappa shape index (κ1) is 16.6. The first-order valence-electron chi connectivity index (χ1n) is 8.55. The molecule has 3 nitrogen and oxygen atoms in total. The van der Waals surface area contributed by atoms with Gasteiger partial charge in [-0.3, -0.25) is 4.79 Å². The van der Waals surface area contributed by atoms with Crippen LogP contribution in [0.5, 0.6) is 5.75 Å². The number of fused-ring (bicyclic) bond motifs is 1. The molecule has 1 atom stereocenters. The van der Waals surface area contributed by atoms with E-state index in [2.05, 4.69) is 23.5 Å². The zero-order chi connectivity index (χ0) is 17.2. The van der Waals surface area contributed by atoms with Crippen LogP contribution in [0.3, 0.4) is 0 Å². The van der Waals surface area contributed by atoms with Crippen LogP contribution in [0.25, 0.3) is 0 Å². The molecule has 0 spiro atoms. The minimum Gasteiger partial charge on any atom is -0.497 e. The van der Waals surface area contributed by atoms with Gasteiger partial charge in [0.1, 0.15) is 5.75 Å². The van der Waals surface area contributed by atoms with Gasteiger partial charge in [0, 0.05) is 0 Å². The molecule has 0 saturated carbocycles. The minimum atomic E-state index is -0.421. The molecule has 1 unspecified atom stereocenters. The number of methoxy groups -OCH3 is 1. The maximum absolute atomic E-state index is 12.9. The van der Waals surface area contributed by atoms with Crippen molar-refractivity contribution in [1.29, 1.82) is 0 Å². The van der Waals surface area contributed by atoms with Crippen molar-refractivity contribution in [3.8, 4) is 5.75 Å². The summed E-state index contributed by atoms with van der Waals surface area (Å²) in [5.74, 6) is 0.887. The van der Waals surface area contributed by atoms with Crippen molar-refractivity contribution in [3.05, 3.63) is 65.2 Å². The number of benzene rings is 2. The maximum atomic E-state index is 12.9. The highest BCUT2D eigenvalue weighted by Gasteiger charge is 2.30. The molecule has 0 aliphatic heterocycles.